The number of amides is 4. The summed E-state index contributed by atoms with van der Waals surface area (Å²) in [6, 6.07) is 3.66. The minimum Gasteiger partial charge on any atom is -0.480 e. The monoisotopic (exact) mass is 642 g/mol. The molecule has 1 heterocycles. The molecule has 0 aliphatic carbocycles. The highest BCUT2D eigenvalue weighted by Crippen LogP contribution is 2.11. The lowest BCUT2D eigenvalue weighted by Crippen LogP contribution is -2.59. The van der Waals surface area contributed by atoms with E-state index < -0.39 is 59.8 Å². The zero-order valence-corrected chi connectivity index (χ0v) is 27.1. The minimum atomic E-state index is -1.17. The highest BCUT2D eigenvalue weighted by atomic mass is 16.4. The van der Waals surface area contributed by atoms with E-state index in [1.165, 1.54) is 6.33 Å². The number of aromatic nitrogens is 2. The number of carboxylic acid groups (broad SMARTS) is 1. The molecular weight excluding hydrogens is 592 g/mol. The summed E-state index contributed by atoms with van der Waals surface area (Å²) in [6.07, 6.45) is 4.96. The van der Waals surface area contributed by atoms with Crippen molar-refractivity contribution in [3.05, 3.63) is 54.1 Å². The van der Waals surface area contributed by atoms with Gasteiger partial charge in [-0.05, 0) is 43.2 Å². The summed E-state index contributed by atoms with van der Waals surface area (Å²) in [6.45, 7) is 7.49. The first-order chi connectivity index (χ1) is 21.9. The quantitative estimate of drug-likeness (QED) is 0.0931. The van der Waals surface area contributed by atoms with E-state index in [9.17, 15) is 29.1 Å². The number of aliphatic carboxylic acids is 1. The molecule has 4 amide bonds. The van der Waals surface area contributed by atoms with E-state index in [1.54, 1.807) is 51.2 Å². The Bertz CT molecular complexity index is 1260. The fraction of sp³-hybridized carbons (Fsp3) is 0.562. The van der Waals surface area contributed by atoms with E-state index >= 15 is 0 Å². The van der Waals surface area contributed by atoms with Crippen LogP contribution in [0.5, 0.6) is 0 Å². The van der Waals surface area contributed by atoms with Crippen LogP contribution in [0.15, 0.2) is 42.9 Å². The third-order valence-corrected chi connectivity index (χ3v) is 7.89. The van der Waals surface area contributed by atoms with Crippen LogP contribution in [-0.2, 0) is 36.8 Å². The van der Waals surface area contributed by atoms with Crippen molar-refractivity contribution >= 4 is 29.6 Å². The van der Waals surface area contributed by atoms with E-state index in [0.717, 1.165) is 5.56 Å². The van der Waals surface area contributed by atoms with Gasteiger partial charge < -0.3 is 42.8 Å². The lowest BCUT2D eigenvalue weighted by Gasteiger charge is -2.27. The second kappa shape index (κ2) is 19.3. The van der Waals surface area contributed by atoms with Crippen LogP contribution in [0.25, 0.3) is 0 Å². The van der Waals surface area contributed by atoms with Gasteiger partial charge in [0.1, 0.15) is 24.2 Å². The molecular formula is C32H50N8O6. The van der Waals surface area contributed by atoms with E-state index in [0.29, 0.717) is 31.5 Å². The van der Waals surface area contributed by atoms with E-state index in [1.807, 2.05) is 13.0 Å². The minimum absolute atomic E-state index is 0.0296. The first kappa shape index (κ1) is 37.9. The van der Waals surface area contributed by atoms with Gasteiger partial charge >= 0.3 is 5.97 Å². The number of hydrogen-bond acceptors (Lipinski definition) is 8. The molecule has 10 N–H and O–H groups in total. The van der Waals surface area contributed by atoms with Crippen LogP contribution in [0.4, 0.5) is 0 Å². The molecule has 0 bridgehead atoms. The molecule has 1 aromatic carbocycles. The Hall–Kier alpha value is -4.30. The number of H-pyrrole nitrogens is 1. The van der Waals surface area contributed by atoms with E-state index in [2.05, 4.69) is 31.2 Å². The Labute approximate surface area is 270 Å². The molecule has 2 aromatic rings. The molecule has 0 aliphatic rings. The Kier molecular flexibility index (Phi) is 15.9. The van der Waals surface area contributed by atoms with Crippen LogP contribution in [0.2, 0.25) is 0 Å². The van der Waals surface area contributed by atoms with Crippen molar-refractivity contribution in [3.8, 4) is 0 Å². The normalized spacial score (nSPS) is 15.1. The van der Waals surface area contributed by atoms with Crippen molar-refractivity contribution in [2.45, 2.75) is 96.4 Å². The molecule has 14 heteroatoms. The number of nitrogens with zero attached hydrogens (tertiary/aromatic N) is 1. The maximum absolute atomic E-state index is 13.8. The van der Waals surface area contributed by atoms with Crippen molar-refractivity contribution in [2.24, 2.45) is 23.3 Å². The molecule has 46 heavy (non-hydrogen) atoms. The summed E-state index contributed by atoms with van der Waals surface area (Å²) in [7, 11) is 0. The molecule has 0 spiro atoms. The van der Waals surface area contributed by atoms with Crippen LogP contribution < -0.4 is 32.7 Å². The Balaban J connectivity index is 2.35. The molecule has 0 fully saturated rings. The highest BCUT2D eigenvalue weighted by Gasteiger charge is 2.33. The molecule has 0 saturated heterocycles. The Morgan fingerprint density at radius 2 is 1.43 bits per heavy atom. The topological polar surface area (TPSA) is 234 Å². The van der Waals surface area contributed by atoms with Crippen molar-refractivity contribution in [3.63, 3.8) is 0 Å². The molecule has 1 aromatic heterocycles. The van der Waals surface area contributed by atoms with Crippen LogP contribution in [0, 0.1) is 11.8 Å². The van der Waals surface area contributed by atoms with Crippen molar-refractivity contribution in [1.82, 2.24) is 31.2 Å². The smallest absolute Gasteiger partial charge is 0.326 e. The van der Waals surface area contributed by atoms with Gasteiger partial charge in [0.25, 0.3) is 0 Å². The summed E-state index contributed by atoms with van der Waals surface area (Å²) in [4.78, 5) is 72.7. The van der Waals surface area contributed by atoms with Gasteiger partial charge in [-0.15, -0.1) is 0 Å². The predicted molar refractivity (Wildman–Crippen MR) is 173 cm³/mol. The van der Waals surface area contributed by atoms with Gasteiger partial charge in [0, 0.05) is 19.0 Å². The number of carbonyl (C=O) groups is 5. The lowest BCUT2D eigenvalue weighted by atomic mass is 9.98. The van der Waals surface area contributed by atoms with Gasteiger partial charge in [-0.3, -0.25) is 19.2 Å². The van der Waals surface area contributed by atoms with Crippen LogP contribution in [-0.4, -0.2) is 81.4 Å². The SMILES string of the molecule is CC[C@H](C)[C@H](NC(=O)[C@H](CCCCN)NC(=O)[C@H](Cc1ccccc1)NC(=O)[C@H](Cc1c[nH]cn1)NC(=O)[C@@H](N)C(C)C)C(=O)O. The first-order valence-corrected chi connectivity index (χ1v) is 15.8. The standard InChI is InChI=1S/C32H50N8O6/c1-5-20(4)27(32(45)46)40-28(41)23(13-9-10-14-33)37-29(42)24(15-21-11-7-6-8-12-21)38-30(43)25(16-22-17-35-18-36-22)39-31(44)26(34)19(2)3/h6-8,11-12,17-20,23-27H,5,9-10,13-16,33-34H2,1-4H3,(H,35,36)(H,37,42)(H,38,43)(H,39,44)(H,40,41)(H,45,46)/t20-,23-,24-,25-,26-,27-/m0/s1. The number of imidazole rings is 1. The fourth-order valence-electron chi connectivity index (χ4n) is 4.69. The van der Waals surface area contributed by atoms with Crippen LogP contribution in [0.1, 0.15) is 64.6 Å². The predicted octanol–water partition coefficient (Wildman–Crippen LogP) is 0.377. The molecule has 14 nitrogen and oxygen atoms in total. The molecule has 0 aliphatic heterocycles. The number of benzene rings is 1. The number of nitrogens with two attached hydrogens (primary N) is 2. The van der Waals surface area contributed by atoms with Crippen molar-refractivity contribution < 1.29 is 29.1 Å². The van der Waals surface area contributed by atoms with Gasteiger partial charge in [-0.25, -0.2) is 9.78 Å². The maximum Gasteiger partial charge on any atom is 0.326 e. The van der Waals surface area contributed by atoms with E-state index in [-0.39, 0.29) is 31.1 Å². The summed E-state index contributed by atoms with van der Waals surface area (Å²) in [5.74, 6) is -4.17. The lowest BCUT2D eigenvalue weighted by molar-refractivity contribution is -0.144. The number of carbonyl (C=O) groups excluding carboxylic acids is 4. The summed E-state index contributed by atoms with van der Waals surface area (Å²) < 4.78 is 0. The second-order valence-corrected chi connectivity index (χ2v) is 11.9. The maximum atomic E-state index is 13.8. The van der Waals surface area contributed by atoms with E-state index in [4.69, 9.17) is 11.5 Å². The zero-order valence-electron chi connectivity index (χ0n) is 27.1. The van der Waals surface area contributed by atoms with Crippen LogP contribution >= 0.6 is 0 Å². The molecule has 2 rings (SSSR count). The molecule has 254 valence electrons. The third-order valence-electron chi connectivity index (χ3n) is 7.89. The Morgan fingerprint density at radius 3 is 1.98 bits per heavy atom. The molecule has 0 saturated carbocycles. The highest BCUT2D eigenvalue weighted by molar-refractivity contribution is 5.95. The Morgan fingerprint density at radius 1 is 0.848 bits per heavy atom. The number of carboxylic acids is 1. The van der Waals surface area contributed by atoms with Gasteiger partial charge in [0.05, 0.1) is 18.1 Å². The summed E-state index contributed by atoms with van der Waals surface area (Å²) in [5.41, 5.74) is 12.9. The number of nitrogens with one attached hydrogen (secondary N) is 5. The first-order valence-electron chi connectivity index (χ1n) is 15.8. The van der Waals surface area contributed by atoms with Crippen LogP contribution in [0.3, 0.4) is 0 Å². The molecule has 0 unspecified atom stereocenters. The molecule has 0 radical (unpaired) electrons. The van der Waals surface area contributed by atoms with Gasteiger partial charge in [0.15, 0.2) is 0 Å². The largest absolute Gasteiger partial charge is 0.480 e. The zero-order chi connectivity index (χ0) is 34.2. The number of aromatic amines is 1. The summed E-state index contributed by atoms with van der Waals surface area (Å²) >= 11 is 0. The fourth-order valence-corrected chi connectivity index (χ4v) is 4.69. The average molecular weight is 643 g/mol. The second-order valence-electron chi connectivity index (χ2n) is 11.9. The molecule has 6 atom stereocenters. The number of rotatable bonds is 20. The van der Waals surface area contributed by atoms with Gasteiger partial charge in [-0.2, -0.15) is 0 Å². The summed E-state index contributed by atoms with van der Waals surface area (Å²) in [5, 5.41) is 20.5. The van der Waals surface area contributed by atoms with Gasteiger partial charge in [0.2, 0.25) is 23.6 Å². The third kappa shape index (κ3) is 12.2. The average Bonchev–Trinajstić information content (AvgIpc) is 3.55. The van der Waals surface area contributed by atoms with Gasteiger partial charge in [-0.1, -0.05) is 64.4 Å². The van der Waals surface area contributed by atoms with Crippen molar-refractivity contribution in [2.75, 3.05) is 6.54 Å². The number of unbranched alkanes of at least 4 members (excludes halogenated alkanes) is 1. The van der Waals surface area contributed by atoms with Crippen molar-refractivity contribution in [1.29, 1.82) is 0 Å². The number of hydrogen-bond donors (Lipinski definition) is 8.